The summed E-state index contributed by atoms with van der Waals surface area (Å²) in [6, 6.07) is 96.6. The Labute approximate surface area is 375 Å². The zero-order chi connectivity index (χ0) is 42.5. The summed E-state index contributed by atoms with van der Waals surface area (Å²) in [5.74, 6) is 0. The lowest BCUT2D eigenvalue weighted by molar-refractivity contribution is 1.30. The molecule has 11 aromatic rings. The Bertz CT molecular complexity index is 3410. The van der Waals surface area contributed by atoms with Crippen LogP contribution in [0.1, 0.15) is 0 Å². The fraction of sp³-hybridized carbons (Fsp3) is 0. The van der Waals surface area contributed by atoms with Crippen LogP contribution in [0.25, 0.3) is 66.1 Å². The van der Waals surface area contributed by atoms with E-state index < -0.39 is 8.07 Å². The standard InChI is InChI=1S/C62H43NSi/c1-5-19-44(20-6-1)45-35-39-49(40-36-45)63(50-41-37-47(38-42-50)54-33-18-24-48-23-17-32-53(61(48)54)46-21-7-2-8-22-46)59-43-58-56-30-15-16-34-60(56)64(51-25-9-3-10-26-51,52-27-11-4-12-28-52)62(58)57-31-14-13-29-55(57)59/h1-43H. The summed E-state index contributed by atoms with van der Waals surface area (Å²) in [4.78, 5) is 2.48. The molecule has 0 saturated heterocycles. The Morgan fingerprint density at radius 2 is 0.734 bits per heavy atom. The lowest BCUT2D eigenvalue weighted by Crippen LogP contribution is -2.73. The number of benzene rings is 11. The topological polar surface area (TPSA) is 3.24 Å². The van der Waals surface area contributed by atoms with Crippen molar-refractivity contribution in [2.75, 3.05) is 4.90 Å². The maximum absolute atomic E-state index is 2.77. The molecular weight excluding hydrogens is 787 g/mol. The Kier molecular flexibility index (Phi) is 9.25. The van der Waals surface area contributed by atoms with Gasteiger partial charge in [-0.3, -0.25) is 0 Å². The van der Waals surface area contributed by atoms with Crippen LogP contribution in [-0.4, -0.2) is 8.07 Å². The molecule has 0 radical (unpaired) electrons. The second kappa shape index (κ2) is 15.7. The summed E-state index contributed by atoms with van der Waals surface area (Å²) in [6.07, 6.45) is 0. The molecule has 300 valence electrons. The number of fused-ring (bicyclic) bond motifs is 6. The number of rotatable bonds is 8. The predicted octanol–water partition coefficient (Wildman–Crippen LogP) is 13.8. The van der Waals surface area contributed by atoms with Crippen molar-refractivity contribution < 1.29 is 0 Å². The first-order valence-electron chi connectivity index (χ1n) is 22.2. The van der Waals surface area contributed by atoms with Gasteiger partial charge in [0.2, 0.25) is 0 Å². The van der Waals surface area contributed by atoms with E-state index in [9.17, 15) is 0 Å². The molecule has 11 aromatic carbocycles. The molecule has 1 aliphatic heterocycles. The molecule has 0 aromatic heterocycles. The van der Waals surface area contributed by atoms with E-state index in [-0.39, 0.29) is 0 Å². The normalized spacial score (nSPS) is 12.5. The highest BCUT2D eigenvalue weighted by Gasteiger charge is 2.50. The third kappa shape index (κ3) is 6.06. The molecule has 0 aliphatic carbocycles. The first-order valence-corrected chi connectivity index (χ1v) is 24.2. The number of hydrogen-bond acceptors (Lipinski definition) is 1. The van der Waals surface area contributed by atoms with Crippen LogP contribution < -0.4 is 25.6 Å². The third-order valence-corrected chi connectivity index (χ3v) is 18.3. The summed E-state index contributed by atoms with van der Waals surface area (Å²) in [5, 5.41) is 10.7. The smallest absolute Gasteiger partial charge is 0.181 e. The van der Waals surface area contributed by atoms with Crippen molar-refractivity contribution in [2.45, 2.75) is 0 Å². The van der Waals surface area contributed by atoms with Crippen molar-refractivity contribution in [1.82, 2.24) is 0 Å². The van der Waals surface area contributed by atoms with Gasteiger partial charge in [-0.2, -0.15) is 0 Å². The zero-order valence-electron chi connectivity index (χ0n) is 35.3. The molecule has 0 saturated carbocycles. The van der Waals surface area contributed by atoms with E-state index in [1.807, 2.05) is 0 Å². The summed E-state index contributed by atoms with van der Waals surface area (Å²) >= 11 is 0. The molecule has 12 rings (SSSR count). The second-order valence-corrected chi connectivity index (χ2v) is 20.5. The summed E-state index contributed by atoms with van der Waals surface area (Å²) in [7, 11) is -2.77. The van der Waals surface area contributed by atoms with Crippen molar-refractivity contribution >= 4 is 67.4 Å². The Morgan fingerprint density at radius 1 is 0.297 bits per heavy atom. The quantitative estimate of drug-likeness (QED) is 0.138. The molecule has 0 bridgehead atoms. The largest absolute Gasteiger partial charge is 0.310 e. The first-order chi connectivity index (χ1) is 31.8. The maximum Gasteiger partial charge on any atom is 0.181 e. The van der Waals surface area contributed by atoms with Gasteiger partial charge in [0, 0.05) is 16.8 Å². The van der Waals surface area contributed by atoms with Gasteiger partial charge in [0.25, 0.3) is 0 Å². The van der Waals surface area contributed by atoms with Crippen LogP contribution in [0.5, 0.6) is 0 Å². The van der Waals surface area contributed by atoms with Gasteiger partial charge in [0.1, 0.15) is 0 Å². The van der Waals surface area contributed by atoms with Crippen LogP contribution in [0, 0.1) is 0 Å². The molecular formula is C62H43NSi. The summed E-state index contributed by atoms with van der Waals surface area (Å²) in [5.41, 5.74) is 13.3. The monoisotopic (exact) mass is 829 g/mol. The average molecular weight is 830 g/mol. The van der Waals surface area contributed by atoms with Gasteiger partial charge in [-0.1, -0.05) is 231 Å². The minimum atomic E-state index is -2.77. The molecule has 0 N–H and O–H groups in total. The van der Waals surface area contributed by atoms with E-state index in [1.165, 1.54) is 86.8 Å². The van der Waals surface area contributed by atoms with Crippen molar-refractivity contribution in [3.63, 3.8) is 0 Å². The molecule has 64 heavy (non-hydrogen) atoms. The highest BCUT2D eigenvalue weighted by Crippen LogP contribution is 2.45. The Balaban J connectivity index is 1.09. The predicted molar refractivity (Wildman–Crippen MR) is 275 cm³/mol. The highest BCUT2D eigenvalue weighted by atomic mass is 28.3. The van der Waals surface area contributed by atoms with Gasteiger partial charge in [-0.25, -0.2) is 0 Å². The van der Waals surface area contributed by atoms with Gasteiger partial charge in [-0.05, 0) is 112 Å². The van der Waals surface area contributed by atoms with Gasteiger partial charge in [0.15, 0.2) is 8.07 Å². The van der Waals surface area contributed by atoms with E-state index in [0.29, 0.717) is 0 Å². The van der Waals surface area contributed by atoms with Crippen molar-refractivity contribution in [3.05, 3.63) is 261 Å². The van der Waals surface area contributed by atoms with E-state index >= 15 is 0 Å². The van der Waals surface area contributed by atoms with Crippen LogP contribution >= 0.6 is 0 Å². The number of nitrogens with zero attached hydrogens (tertiary/aromatic N) is 1. The Morgan fingerprint density at radius 3 is 1.33 bits per heavy atom. The van der Waals surface area contributed by atoms with Gasteiger partial charge in [0.05, 0.1) is 5.69 Å². The van der Waals surface area contributed by atoms with E-state index in [2.05, 4.69) is 266 Å². The van der Waals surface area contributed by atoms with Crippen LogP contribution in [0.2, 0.25) is 0 Å². The molecule has 0 amide bonds. The van der Waals surface area contributed by atoms with Crippen LogP contribution in [0.3, 0.4) is 0 Å². The summed E-state index contributed by atoms with van der Waals surface area (Å²) in [6.45, 7) is 0. The van der Waals surface area contributed by atoms with Crippen LogP contribution in [0.4, 0.5) is 17.1 Å². The molecule has 0 spiro atoms. The fourth-order valence-electron chi connectivity index (χ4n) is 10.6. The SMILES string of the molecule is c1ccc(-c2ccc(N(c3ccc(-c4cccc5cccc(-c6ccccc6)c45)cc3)c3cc4c(c5ccccc35)[Si](c3ccccc3)(c3ccccc3)c3ccccc3-4)cc2)cc1. The molecule has 1 nitrogen and oxygen atoms in total. The zero-order valence-corrected chi connectivity index (χ0v) is 36.3. The molecule has 0 unspecified atom stereocenters. The van der Waals surface area contributed by atoms with Crippen LogP contribution in [0.15, 0.2) is 261 Å². The fourth-order valence-corrected chi connectivity index (χ4v) is 16.0. The highest BCUT2D eigenvalue weighted by molar-refractivity contribution is 7.23. The first kappa shape index (κ1) is 37.7. The van der Waals surface area contributed by atoms with Gasteiger partial charge >= 0.3 is 0 Å². The molecule has 2 heteroatoms. The number of hydrogen-bond donors (Lipinski definition) is 0. The van der Waals surface area contributed by atoms with E-state index in [4.69, 9.17) is 0 Å². The van der Waals surface area contributed by atoms with Crippen molar-refractivity contribution in [1.29, 1.82) is 0 Å². The molecule has 1 aliphatic rings. The Hall–Kier alpha value is -8.04. The lowest BCUT2D eigenvalue weighted by atomic mass is 9.91. The van der Waals surface area contributed by atoms with Crippen molar-refractivity contribution in [3.8, 4) is 44.5 Å². The van der Waals surface area contributed by atoms with Gasteiger partial charge < -0.3 is 4.90 Å². The lowest BCUT2D eigenvalue weighted by Gasteiger charge is -2.33. The van der Waals surface area contributed by atoms with Crippen LogP contribution in [-0.2, 0) is 0 Å². The number of anilines is 3. The summed E-state index contributed by atoms with van der Waals surface area (Å²) < 4.78 is 0. The van der Waals surface area contributed by atoms with Gasteiger partial charge in [-0.15, -0.1) is 0 Å². The molecule has 1 heterocycles. The molecule has 0 fully saturated rings. The second-order valence-electron chi connectivity index (χ2n) is 16.8. The minimum Gasteiger partial charge on any atom is -0.310 e. The third-order valence-electron chi connectivity index (χ3n) is 13.3. The van der Waals surface area contributed by atoms with Crippen molar-refractivity contribution in [2.24, 2.45) is 0 Å². The minimum absolute atomic E-state index is 1.10. The van der Waals surface area contributed by atoms with E-state index in [0.717, 1.165) is 17.1 Å². The average Bonchev–Trinajstić information content (AvgIpc) is 3.69. The maximum atomic E-state index is 2.51. The van der Waals surface area contributed by atoms with E-state index in [1.54, 1.807) is 0 Å². The molecule has 0 atom stereocenters.